The highest BCUT2D eigenvalue weighted by Gasteiger charge is 2.43. The van der Waals surface area contributed by atoms with Crippen molar-refractivity contribution in [3.8, 4) is 0 Å². The second kappa shape index (κ2) is 9.43. The summed E-state index contributed by atoms with van der Waals surface area (Å²) in [5.74, 6) is -2.76. The highest BCUT2D eigenvalue weighted by atomic mass is 19.4. The Morgan fingerprint density at radius 1 is 1.21 bits per heavy atom. The fourth-order valence-electron chi connectivity index (χ4n) is 3.88. The van der Waals surface area contributed by atoms with Crippen molar-refractivity contribution in [2.75, 3.05) is 40.3 Å². The van der Waals surface area contributed by atoms with E-state index in [9.17, 15) is 18.0 Å². The average molecular weight is 416 g/mol. The molecule has 2 fully saturated rings. The summed E-state index contributed by atoms with van der Waals surface area (Å²) in [5.41, 5.74) is 1.43. The normalized spacial score (nSPS) is 22.2. The first-order valence-corrected chi connectivity index (χ1v) is 9.41. The van der Waals surface area contributed by atoms with Gasteiger partial charge in [0.2, 0.25) is 0 Å². The fraction of sp³-hybridized carbons (Fsp3) is 0.632. The maximum Gasteiger partial charge on any atom is 0.490 e. The molecule has 1 aromatic heterocycles. The van der Waals surface area contributed by atoms with E-state index in [-0.39, 0.29) is 6.03 Å². The van der Waals surface area contributed by atoms with Crippen molar-refractivity contribution >= 4 is 12.0 Å². The molecule has 2 saturated heterocycles. The van der Waals surface area contributed by atoms with E-state index in [1.807, 2.05) is 31.3 Å². The van der Waals surface area contributed by atoms with Gasteiger partial charge in [-0.05, 0) is 37.9 Å². The lowest BCUT2D eigenvalue weighted by molar-refractivity contribution is -0.192. The Balaban J connectivity index is 0.000000370. The van der Waals surface area contributed by atoms with Gasteiger partial charge in [-0.25, -0.2) is 9.59 Å². The second-order valence-electron chi connectivity index (χ2n) is 7.79. The van der Waals surface area contributed by atoms with E-state index < -0.39 is 12.1 Å². The lowest BCUT2D eigenvalue weighted by Crippen LogP contribution is -2.46. The maximum absolute atomic E-state index is 12.2. The third-order valence-electron chi connectivity index (χ3n) is 5.19. The van der Waals surface area contributed by atoms with Gasteiger partial charge in [0.05, 0.1) is 5.69 Å². The monoisotopic (exact) mass is 416 g/mol. The number of amides is 2. The van der Waals surface area contributed by atoms with Crippen LogP contribution in [0.2, 0.25) is 0 Å². The van der Waals surface area contributed by atoms with Crippen LogP contribution in [-0.2, 0) is 11.3 Å². The van der Waals surface area contributed by atoms with Gasteiger partial charge in [-0.2, -0.15) is 13.2 Å². The Labute approximate surface area is 168 Å². The number of carboxylic acid groups (broad SMARTS) is 1. The van der Waals surface area contributed by atoms with E-state index in [0.29, 0.717) is 5.41 Å². The topological polar surface area (TPSA) is 77.0 Å². The van der Waals surface area contributed by atoms with E-state index in [0.717, 1.165) is 44.8 Å². The Morgan fingerprint density at radius 3 is 2.45 bits per heavy atom. The zero-order valence-electron chi connectivity index (χ0n) is 16.7. The van der Waals surface area contributed by atoms with Crippen LogP contribution >= 0.6 is 0 Å². The Morgan fingerprint density at radius 2 is 1.90 bits per heavy atom. The second-order valence-corrected chi connectivity index (χ2v) is 7.79. The summed E-state index contributed by atoms with van der Waals surface area (Å²) >= 11 is 0. The molecule has 0 saturated carbocycles. The Kier molecular flexibility index (Phi) is 7.45. The number of hydrogen-bond acceptors (Lipinski definition) is 4. The number of rotatable bonds is 2. The van der Waals surface area contributed by atoms with Gasteiger partial charge in [-0.3, -0.25) is 9.88 Å². The number of pyridine rings is 1. The van der Waals surface area contributed by atoms with E-state index >= 15 is 0 Å². The minimum Gasteiger partial charge on any atom is -0.475 e. The molecule has 3 heterocycles. The molecule has 0 aliphatic carbocycles. The van der Waals surface area contributed by atoms with E-state index in [1.165, 1.54) is 12.8 Å². The van der Waals surface area contributed by atoms with Crippen molar-refractivity contribution in [2.45, 2.75) is 32.0 Å². The molecule has 1 spiro atoms. The Hall–Kier alpha value is -2.36. The molecule has 162 valence electrons. The van der Waals surface area contributed by atoms with Crippen molar-refractivity contribution in [1.82, 2.24) is 19.7 Å². The lowest BCUT2D eigenvalue weighted by Gasteiger charge is -2.40. The van der Waals surface area contributed by atoms with E-state index in [2.05, 4.69) is 22.0 Å². The molecule has 29 heavy (non-hydrogen) atoms. The number of carbonyl (C=O) groups is 2. The summed E-state index contributed by atoms with van der Waals surface area (Å²) in [7, 11) is 3.67. The number of likely N-dealkylation sites (tertiary alicyclic amines) is 2. The van der Waals surface area contributed by atoms with Crippen molar-refractivity contribution in [3.05, 3.63) is 30.1 Å². The minimum atomic E-state index is -5.08. The standard InChI is InChI=1S/C17H26N4O.C2HF3O2/c1-19(2)16(22)21-11-8-17(14-21)7-5-10-20(13-17)12-15-6-3-4-9-18-15;3-2(4,5)1(6)7/h3-4,6,9H,5,7-8,10-14H2,1-2H3;(H,6,7). The molecule has 3 rings (SSSR count). The number of carbonyl (C=O) groups excluding carboxylic acids is 1. The summed E-state index contributed by atoms with van der Waals surface area (Å²) in [5, 5.41) is 7.12. The highest BCUT2D eigenvalue weighted by molar-refractivity contribution is 5.74. The molecule has 2 amide bonds. The number of hydrogen-bond donors (Lipinski definition) is 1. The maximum atomic E-state index is 12.2. The molecular weight excluding hydrogens is 389 g/mol. The third kappa shape index (κ3) is 6.59. The zero-order valence-corrected chi connectivity index (χ0v) is 16.7. The van der Waals surface area contributed by atoms with Crippen LogP contribution < -0.4 is 0 Å². The first kappa shape index (κ1) is 22.9. The molecule has 0 radical (unpaired) electrons. The van der Waals surface area contributed by atoms with E-state index in [1.54, 1.807) is 4.90 Å². The Bertz CT molecular complexity index is 700. The molecular formula is C19H27F3N4O3. The predicted octanol–water partition coefficient (Wildman–Crippen LogP) is 2.68. The van der Waals surface area contributed by atoms with Gasteiger partial charge in [0, 0.05) is 51.9 Å². The number of halogens is 3. The smallest absolute Gasteiger partial charge is 0.475 e. The van der Waals surface area contributed by atoms with Crippen LogP contribution in [0.4, 0.5) is 18.0 Å². The molecule has 0 aromatic carbocycles. The van der Waals surface area contributed by atoms with Crippen LogP contribution in [0.3, 0.4) is 0 Å². The molecule has 7 nitrogen and oxygen atoms in total. The van der Waals surface area contributed by atoms with Crippen LogP contribution in [-0.4, -0.2) is 83.2 Å². The van der Waals surface area contributed by atoms with Crippen molar-refractivity contribution in [2.24, 2.45) is 5.41 Å². The van der Waals surface area contributed by atoms with Crippen LogP contribution in [0.15, 0.2) is 24.4 Å². The lowest BCUT2D eigenvalue weighted by atomic mass is 9.79. The molecule has 10 heteroatoms. The van der Waals surface area contributed by atoms with E-state index in [4.69, 9.17) is 9.90 Å². The number of urea groups is 1. The van der Waals surface area contributed by atoms with Gasteiger partial charge < -0.3 is 14.9 Å². The molecule has 1 unspecified atom stereocenters. The van der Waals surface area contributed by atoms with Crippen LogP contribution in [0.5, 0.6) is 0 Å². The SMILES string of the molecule is CN(C)C(=O)N1CCC2(CCCN(Cc3ccccn3)C2)C1.O=C(O)C(F)(F)F. The minimum absolute atomic E-state index is 0.152. The zero-order chi connectivity index (χ0) is 21.7. The molecule has 1 aromatic rings. The largest absolute Gasteiger partial charge is 0.490 e. The first-order valence-electron chi connectivity index (χ1n) is 9.41. The van der Waals surface area contributed by atoms with Gasteiger partial charge in [-0.15, -0.1) is 0 Å². The summed E-state index contributed by atoms with van der Waals surface area (Å²) in [6.07, 6.45) is 0.368. The van der Waals surface area contributed by atoms with Crippen molar-refractivity contribution < 1.29 is 27.9 Å². The first-order chi connectivity index (χ1) is 13.5. The molecule has 2 aliphatic rings. The quantitative estimate of drug-likeness (QED) is 0.802. The third-order valence-corrected chi connectivity index (χ3v) is 5.19. The summed E-state index contributed by atoms with van der Waals surface area (Å²) in [4.78, 5) is 31.7. The summed E-state index contributed by atoms with van der Waals surface area (Å²) in [6.45, 7) is 4.95. The van der Waals surface area contributed by atoms with Crippen LogP contribution in [0.25, 0.3) is 0 Å². The molecule has 1 atom stereocenters. The van der Waals surface area contributed by atoms with Gasteiger partial charge in [0.15, 0.2) is 0 Å². The number of piperidine rings is 1. The predicted molar refractivity (Wildman–Crippen MR) is 100 cm³/mol. The van der Waals surface area contributed by atoms with Crippen LogP contribution in [0, 0.1) is 5.41 Å². The van der Waals surface area contributed by atoms with Crippen molar-refractivity contribution in [3.63, 3.8) is 0 Å². The highest BCUT2D eigenvalue weighted by Crippen LogP contribution is 2.39. The number of alkyl halides is 3. The number of carboxylic acids is 1. The number of aromatic nitrogens is 1. The van der Waals surface area contributed by atoms with Crippen molar-refractivity contribution in [1.29, 1.82) is 0 Å². The average Bonchev–Trinajstić information content (AvgIpc) is 3.04. The fourth-order valence-corrected chi connectivity index (χ4v) is 3.88. The van der Waals surface area contributed by atoms with Gasteiger partial charge in [0.25, 0.3) is 0 Å². The van der Waals surface area contributed by atoms with Gasteiger partial charge in [-0.1, -0.05) is 6.07 Å². The molecule has 2 aliphatic heterocycles. The molecule has 0 bridgehead atoms. The van der Waals surface area contributed by atoms with Gasteiger partial charge >= 0.3 is 18.2 Å². The summed E-state index contributed by atoms with van der Waals surface area (Å²) in [6, 6.07) is 6.26. The van der Waals surface area contributed by atoms with Gasteiger partial charge in [0.1, 0.15) is 0 Å². The molecule has 1 N–H and O–H groups in total. The number of aliphatic carboxylic acids is 1. The number of nitrogens with zero attached hydrogens (tertiary/aromatic N) is 4. The van der Waals surface area contributed by atoms with Crippen LogP contribution in [0.1, 0.15) is 25.0 Å². The summed E-state index contributed by atoms with van der Waals surface area (Å²) < 4.78 is 31.7.